The molecule has 0 saturated carbocycles. The van der Waals surface area contributed by atoms with Gasteiger partial charge in [0.2, 0.25) is 5.95 Å². The number of nitrogens with one attached hydrogen (secondary N) is 1. The third-order valence-corrected chi connectivity index (χ3v) is 2.25. The van der Waals surface area contributed by atoms with Crippen molar-refractivity contribution in [1.29, 1.82) is 0 Å². The Balaban J connectivity index is 2.33. The van der Waals surface area contributed by atoms with Crippen molar-refractivity contribution in [2.75, 3.05) is 12.3 Å². The van der Waals surface area contributed by atoms with E-state index in [1.807, 2.05) is 0 Å². The Hall–Kier alpha value is -1.93. The second-order valence-electron chi connectivity index (χ2n) is 3.63. The highest BCUT2D eigenvalue weighted by Crippen LogP contribution is 2.07. The molecule has 2 heterocycles. The fourth-order valence-corrected chi connectivity index (χ4v) is 1.33. The van der Waals surface area contributed by atoms with Gasteiger partial charge in [0.25, 0.3) is 5.56 Å². The Labute approximate surface area is 96.1 Å². The van der Waals surface area contributed by atoms with Crippen LogP contribution >= 0.6 is 0 Å². The normalized spacial score (nSPS) is 13.1. The summed E-state index contributed by atoms with van der Waals surface area (Å²) in [7, 11) is 0. The molecule has 0 radical (unpaired) electrons. The molecule has 2 aromatic heterocycles. The Morgan fingerprint density at radius 2 is 2.47 bits per heavy atom. The highest BCUT2D eigenvalue weighted by molar-refractivity contribution is 5.70. The second-order valence-corrected chi connectivity index (χ2v) is 3.63. The molecule has 0 unspecified atom stereocenters. The first-order chi connectivity index (χ1) is 8.11. The average molecular weight is 239 g/mol. The van der Waals surface area contributed by atoms with Crippen LogP contribution in [-0.4, -0.2) is 37.3 Å². The minimum atomic E-state index is -0.388. The highest BCUT2D eigenvalue weighted by Gasteiger charge is 2.09. The molecule has 4 N–H and O–H groups in total. The van der Waals surface area contributed by atoms with Crippen molar-refractivity contribution in [2.24, 2.45) is 0 Å². The van der Waals surface area contributed by atoms with Crippen LogP contribution in [0.3, 0.4) is 0 Å². The van der Waals surface area contributed by atoms with E-state index in [0.29, 0.717) is 5.65 Å². The van der Waals surface area contributed by atoms with E-state index in [1.165, 1.54) is 6.33 Å². The Morgan fingerprint density at radius 3 is 3.18 bits per heavy atom. The van der Waals surface area contributed by atoms with Gasteiger partial charge in [-0.15, -0.1) is 0 Å². The van der Waals surface area contributed by atoms with Gasteiger partial charge < -0.3 is 15.6 Å². The molecular formula is C9H13N5O3. The number of nitrogens with two attached hydrogens (primary N) is 1. The number of aromatic amines is 1. The minimum absolute atomic E-state index is 0.0273. The number of aliphatic hydroxyl groups excluding tert-OH is 1. The molecule has 8 nitrogen and oxygen atoms in total. The summed E-state index contributed by atoms with van der Waals surface area (Å²) in [5, 5.41) is 8.82. The largest absolute Gasteiger partial charge is 0.394 e. The molecule has 0 aliphatic carbocycles. The van der Waals surface area contributed by atoms with Gasteiger partial charge in [-0.05, 0) is 6.92 Å². The molecule has 1 atom stereocenters. The number of hydrogen-bond acceptors (Lipinski definition) is 6. The molecule has 2 aromatic rings. The maximum absolute atomic E-state index is 11.5. The Bertz CT molecular complexity index is 576. The smallest absolute Gasteiger partial charge is 0.280 e. The number of nitrogens with zero attached hydrogens (tertiary/aromatic N) is 3. The van der Waals surface area contributed by atoms with E-state index in [2.05, 4.69) is 15.0 Å². The monoisotopic (exact) mass is 239 g/mol. The summed E-state index contributed by atoms with van der Waals surface area (Å²) in [6.07, 6.45) is 1.14. The van der Waals surface area contributed by atoms with Crippen molar-refractivity contribution < 1.29 is 9.84 Å². The number of anilines is 1. The molecule has 0 bridgehead atoms. The van der Waals surface area contributed by atoms with Crippen molar-refractivity contribution in [3.63, 3.8) is 0 Å². The van der Waals surface area contributed by atoms with E-state index in [0.717, 1.165) is 0 Å². The predicted octanol–water partition coefficient (Wildman–Crippen LogP) is -0.943. The molecule has 0 aromatic carbocycles. The molecular weight excluding hydrogens is 226 g/mol. The number of fused-ring (bicyclic) bond motifs is 1. The number of ether oxygens (including phenoxy) is 1. The van der Waals surface area contributed by atoms with Crippen LogP contribution in [0.15, 0.2) is 11.1 Å². The zero-order chi connectivity index (χ0) is 12.4. The zero-order valence-corrected chi connectivity index (χ0v) is 9.25. The van der Waals surface area contributed by atoms with Crippen LogP contribution in [0.4, 0.5) is 5.95 Å². The van der Waals surface area contributed by atoms with Gasteiger partial charge in [0.05, 0.1) is 19.0 Å². The number of aromatic nitrogens is 4. The maximum Gasteiger partial charge on any atom is 0.280 e. The van der Waals surface area contributed by atoms with Crippen molar-refractivity contribution in [1.82, 2.24) is 19.5 Å². The number of hydrogen-bond donors (Lipinski definition) is 3. The average Bonchev–Trinajstić information content (AvgIpc) is 2.69. The van der Waals surface area contributed by atoms with Gasteiger partial charge >= 0.3 is 0 Å². The predicted molar refractivity (Wildman–Crippen MR) is 60.2 cm³/mol. The van der Waals surface area contributed by atoms with Gasteiger partial charge in [-0.2, -0.15) is 4.98 Å². The lowest BCUT2D eigenvalue weighted by molar-refractivity contribution is -0.0115. The van der Waals surface area contributed by atoms with E-state index >= 15 is 0 Å². The van der Waals surface area contributed by atoms with Crippen molar-refractivity contribution in [3.8, 4) is 0 Å². The molecule has 0 aliphatic heterocycles. The van der Waals surface area contributed by atoms with Crippen molar-refractivity contribution in [2.45, 2.75) is 19.8 Å². The van der Waals surface area contributed by atoms with E-state index in [-0.39, 0.29) is 36.5 Å². The number of nitrogen functional groups attached to an aromatic ring is 1. The Morgan fingerprint density at radius 1 is 1.71 bits per heavy atom. The minimum Gasteiger partial charge on any atom is -0.394 e. The summed E-state index contributed by atoms with van der Waals surface area (Å²) in [6, 6.07) is 0. The summed E-state index contributed by atoms with van der Waals surface area (Å²) >= 11 is 0. The lowest BCUT2D eigenvalue weighted by Crippen LogP contribution is -2.16. The molecule has 17 heavy (non-hydrogen) atoms. The third kappa shape index (κ3) is 2.27. The van der Waals surface area contributed by atoms with Crippen LogP contribution in [0, 0.1) is 0 Å². The molecule has 0 aliphatic rings. The quantitative estimate of drug-likeness (QED) is 0.633. The van der Waals surface area contributed by atoms with Crippen LogP contribution in [0.5, 0.6) is 0 Å². The SMILES string of the molecule is C[C@@H](CO)OCn1cnc2c(=O)[nH]c(N)nc21. The summed E-state index contributed by atoms with van der Waals surface area (Å²) < 4.78 is 6.85. The van der Waals surface area contributed by atoms with E-state index in [4.69, 9.17) is 15.6 Å². The Kier molecular flexibility index (Phi) is 3.07. The van der Waals surface area contributed by atoms with Gasteiger partial charge in [0, 0.05) is 0 Å². The van der Waals surface area contributed by atoms with E-state index in [9.17, 15) is 4.79 Å². The molecule has 2 rings (SSSR count). The lowest BCUT2D eigenvalue weighted by Gasteiger charge is -2.10. The van der Waals surface area contributed by atoms with E-state index < -0.39 is 0 Å². The first kappa shape index (κ1) is 11.6. The summed E-state index contributed by atoms with van der Waals surface area (Å²) in [5.74, 6) is 0.0273. The topological polar surface area (TPSA) is 119 Å². The van der Waals surface area contributed by atoms with Gasteiger partial charge in [-0.3, -0.25) is 14.3 Å². The van der Waals surface area contributed by atoms with Gasteiger partial charge in [-0.1, -0.05) is 0 Å². The van der Waals surface area contributed by atoms with E-state index in [1.54, 1.807) is 11.5 Å². The summed E-state index contributed by atoms with van der Waals surface area (Å²) in [4.78, 5) is 21.7. The third-order valence-electron chi connectivity index (χ3n) is 2.25. The number of aliphatic hydroxyl groups is 1. The number of rotatable bonds is 4. The molecule has 0 amide bonds. The van der Waals surface area contributed by atoms with Crippen LogP contribution in [-0.2, 0) is 11.5 Å². The summed E-state index contributed by atoms with van der Waals surface area (Å²) in [6.45, 7) is 1.80. The maximum atomic E-state index is 11.5. The van der Waals surface area contributed by atoms with Crippen LogP contribution in [0.2, 0.25) is 0 Å². The van der Waals surface area contributed by atoms with Crippen LogP contribution in [0.25, 0.3) is 11.2 Å². The zero-order valence-electron chi connectivity index (χ0n) is 9.25. The molecule has 0 fully saturated rings. The summed E-state index contributed by atoms with van der Waals surface area (Å²) in [5.41, 5.74) is 5.62. The number of imidazole rings is 1. The molecule has 0 saturated heterocycles. The molecule has 8 heteroatoms. The van der Waals surface area contributed by atoms with Gasteiger partial charge in [-0.25, -0.2) is 4.98 Å². The molecule has 92 valence electrons. The lowest BCUT2D eigenvalue weighted by atomic mass is 10.4. The van der Waals surface area contributed by atoms with Crippen molar-refractivity contribution >= 4 is 17.1 Å². The fourth-order valence-electron chi connectivity index (χ4n) is 1.33. The molecule has 0 spiro atoms. The number of H-pyrrole nitrogens is 1. The van der Waals surface area contributed by atoms with Crippen molar-refractivity contribution in [3.05, 3.63) is 16.7 Å². The standard InChI is InChI=1S/C9H13N5O3/c1-5(2-15)17-4-14-3-11-6-7(14)12-9(10)13-8(6)16/h3,5,15H,2,4H2,1H3,(H3,10,12,13,16)/t5-/m0/s1. The van der Waals surface area contributed by atoms with Gasteiger partial charge in [0.1, 0.15) is 6.73 Å². The van der Waals surface area contributed by atoms with Gasteiger partial charge in [0.15, 0.2) is 11.2 Å². The van der Waals surface area contributed by atoms with Crippen LogP contribution in [0.1, 0.15) is 6.92 Å². The second kappa shape index (κ2) is 4.52. The first-order valence-corrected chi connectivity index (χ1v) is 5.05. The van der Waals surface area contributed by atoms with Crippen LogP contribution < -0.4 is 11.3 Å². The fraction of sp³-hybridized carbons (Fsp3) is 0.444. The highest BCUT2D eigenvalue weighted by atomic mass is 16.5. The first-order valence-electron chi connectivity index (χ1n) is 5.05.